The summed E-state index contributed by atoms with van der Waals surface area (Å²) >= 11 is 0. The van der Waals surface area contributed by atoms with Crippen LogP contribution in [0.5, 0.6) is 5.75 Å². The number of esters is 1. The Bertz CT molecular complexity index is 1340. The van der Waals surface area contributed by atoms with Crippen LogP contribution in [0.15, 0.2) is 67.1 Å². The first-order valence-electron chi connectivity index (χ1n) is 12.1. The molecule has 3 heterocycles. The fourth-order valence-corrected chi connectivity index (χ4v) is 5.23. The summed E-state index contributed by atoms with van der Waals surface area (Å²) in [7, 11) is 5.29. The van der Waals surface area contributed by atoms with E-state index in [0.717, 1.165) is 58.5 Å². The van der Waals surface area contributed by atoms with Crippen LogP contribution < -0.4 is 4.74 Å². The Balaban J connectivity index is 1.61. The summed E-state index contributed by atoms with van der Waals surface area (Å²) in [5.74, 6) is 1.06. The number of carbonyl (C=O) groups excluding carboxylic acids is 1. The molecule has 0 N–H and O–H groups in total. The molecule has 1 fully saturated rings. The van der Waals surface area contributed by atoms with Crippen LogP contribution in [0, 0.1) is 5.92 Å². The standard InChI is InChI=1S/C29H31N3O3/c1-31-13-5-6-20(17-31)18-32-19-26(28-25(29(33)35-3)7-4-8-27(28)32)23-14-22(15-30-16-23)21-9-11-24(34-2)12-10-21/h4,7-12,14-16,19-20H,5-6,13,17-18H2,1-3H3. The van der Waals surface area contributed by atoms with E-state index in [1.807, 2.05) is 48.8 Å². The number of pyridine rings is 1. The molecule has 0 bridgehead atoms. The van der Waals surface area contributed by atoms with Gasteiger partial charge in [0.1, 0.15) is 5.75 Å². The molecule has 4 aromatic rings. The SMILES string of the molecule is COC(=O)c1cccc2c1c(-c1cncc(-c3ccc(OC)cc3)c1)cn2CC1CCCN(C)C1. The summed E-state index contributed by atoms with van der Waals surface area (Å²) in [5.41, 5.74) is 5.66. The van der Waals surface area contributed by atoms with Crippen molar-refractivity contribution in [2.24, 2.45) is 5.92 Å². The van der Waals surface area contributed by atoms with Gasteiger partial charge in [0.05, 0.1) is 19.8 Å². The van der Waals surface area contributed by atoms with Crippen molar-refractivity contribution in [2.45, 2.75) is 19.4 Å². The lowest BCUT2D eigenvalue weighted by molar-refractivity contribution is 0.0603. The Morgan fingerprint density at radius 1 is 1.06 bits per heavy atom. The average molecular weight is 470 g/mol. The van der Waals surface area contributed by atoms with Crippen molar-refractivity contribution in [1.82, 2.24) is 14.5 Å². The summed E-state index contributed by atoms with van der Waals surface area (Å²) in [6.45, 7) is 3.15. The third-order valence-electron chi connectivity index (χ3n) is 6.96. The van der Waals surface area contributed by atoms with E-state index >= 15 is 0 Å². The zero-order chi connectivity index (χ0) is 24.4. The Morgan fingerprint density at radius 2 is 1.86 bits per heavy atom. The second kappa shape index (κ2) is 9.92. The predicted octanol–water partition coefficient (Wildman–Crippen LogP) is 5.51. The van der Waals surface area contributed by atoms with Gasteiger partial charge in [0.15, 0.2) is 0 Å². The maximum absolute atomic E-state index is 12.7. The zero-order valence-electron chi connectivity index (χ0n) is 20.5. The van der Waals surface area contributed by atoms with E-state index in [1.165, 1.54) is 20.0 Å². The van der Waals surface area contributed by atoms with Gasteiger partial charge in [0.25, 0.3) is 0 Å². The quantitative estimate of drug-likeness (QED) is 0.349. The van der Waals surface area contributed by atoms with E-state index < -0.39 is 0 Å². The molecule has 0 spiro atoms. The first kappa shape index (κ1) is 23.1. The highest BCUT2D eigenvalue weighted by molar-refractivity contribution is 6.10. The molecule has 180 valence electrons. The Hall–Kier alpha value is -3.64. The zero-order valence-corrected chi connectivity index (χ0v) is 20.5. The molecule has 0 saturated carbocycles. The van der Waals surface area contributed by atoms with Gasteiger partial charge in [-0.3, -0.25) is 4.98 Å². The maximum Gasteiger partial charge on any atom is 0.338 e. The number of rotatable bonds is 6. The number of aromatic nitrogens is 2. The van der Waals surface area contributed by atoms with Gasteiger partial charge in [0, 0.05) is 59.3 Å². The molecule has 1 atom stereocenters. The molecule has 1 aliphatic heterocycles. The van der Waals surface area contributed by atoms with E-state index in [1.54, 1.807) is 7.11 Å². The second-order valence-electron chi connectivity index (χ2n) is 9.35. The van der Waals surface area contributed by atoms with E-state index in [0.29, 0.717) is 11.5 Å². The van der Waals surface area contributed by atoms with Gasteiger partial charge in [0.2, 0.25) is 0 Å². The van der Waals surface area contributed by atoms with E-state index in [4.69, 9.17) is 9.47 Å². The maximum atomic E-state index is 12.7. The molecule has 6 nitrogen and oxygen atoms in total. The number of hydrogen-bond donors (Lipinski definition) is 0. The Kier molecular flexibility index (Phi) is 6.55. The number of ether oxygens (including phenoxy) is 2. The van der Waals surface area contributed by atoms with Crippen LogP contribution in [-0.2, 0) is 11.3 Å². The van der Waals surface area contributed by atoms with Crippen LogP contribution in [0.25, 0.3) is 33.2 Å². The number of likely N-dealkylation sites (tertiary alicyclic amines) is 1. The molecule has 0 radical (unpaired) electrons. The van der Waals surface area contributed by atoms with Crippen molar-refractivity contribution in [1.29, 1.82) is 0 Å². The summed E-state index contributed by atoms with van der Waals surface area (Å²) in [5, 5.41) is 0.914. The number of hydrogen-bond acceptors (Lipinski definition) is 5. The summed E-state index contributed by atoms with van der Waals surface area (Å²) in [4.78, 5) is 19.7. The number of nitrogens with zero attached hydrogens (tertiary/aromatic N) is 3. The minimum Gasteiger partial charge on any atom is -0.497 e. The van der Waals surface area contributed by atoms with Crippen molar-refractivity contribution < 1.29 is 14.3 Å². The molecule has 0 aliphatic carbocycles. The van der Waals surface area contributed by atoms with Gasteiger partial charge < -0.3 is 18.9 Å². The fourth-order valence-electron chi connectivity index (χ4n) is 5.23. The summed E-state index contributed by atoms with van der Waals surface area (Å²) in [6, 6.07) is 16.0. The first-order chi connectivity index (χ1) is 17.1. The third-order valence-corrected chi connectivity index (χ3v) is 6.96. The molecule has 2 aromatic carbocycles. The monoisotopic (exact) mass is 469 g/mol. The molecule has 1 aliphatic rings. The van der Waals surface area contributed by atoms with Crippen LogP contribution in [0.4, 0.5) is 0 Å². The predicted molar refractivity (Wildman–Crippen MR) is 139 cm³/mol. The molecular formula is C29H31N3O3. The Labute approximate surface area is 206 Å². The molecule has 6 heteroatoms. The highest BCUT2D eigenvalue weighted by atomic mass is 16.5. The van der Waals surface area contributed by atoms with E-state index in [9.17, 15) is 4.79 Å². The smallest absolute Gasteiger partial charge is 0.338 e. The number of carbonyl (C=O) groups is 1. The van der Waals surface area contributed by atoms with Gasteiger partial charge in [-0.25, -0.2) is 4.79 Å². The normalized spacial score (nSPS) is 16.4. The van der Waals surface area contributed by atoms with Crippen molar-refractivity contribution in [3.8, 4) is 28.0 Å². The van der Waals surface area contributed by atoms with Gasteiger partial charge in [-0.1, -0.05) is 18.2 Å². The topological polar surface area (TPSA) is 56.6 Å². The van der Waals surface area contributed by atoms with Crippen molar-refractivity contribution in [3.63, 3.8) is 0 Å². The van der Waals surface area contributed by atoms with E-state index in [2.05, 4.69) is 39.8 Å². The Morgan fingerprint density at radius 3 is 2.60 bits per heavy atom. The van der Waals surface area contributed by atoms with Crippen molar-refractivity contribution >= 4 is 16.9 Å². The number of benzene rings is 2. The molecule has 1 saturated heterocycles. The highest BCUT2D eigenvalue weighted by Crippen LogP contribution is 2.36. The minimum absolute atomic E-state index is 0.328. The van der Waals surface area contributed by atoms with Crippen LogP contribution in [0.2, 0.25) is 0 Å². The highest BCUT2D eigenvalue weighted by Gasteiger charge is 2.22. The first-order valence-corrected chi connectivity index (χ1v) is 12.1. The lowest BCUT2D eigenvalue weighted by Crippen LogP contribution is -2.33. The molecular weight excluding hydrogens is 438 g/mol. The van der Waals surface area contributed by atoms with Crippen molar-refractivity contribution in [2.75, 3.05) is 34.4 Å². The van der Waals surface area contributed by atoms with Gasteiger partial charge >= 0.3 is 5.97 Å². The van der Waals surface area contributed by atoms with E-state index in [-0.39, 0.29) is 5.97 Å². The lowest BCUT2D eigenvalue weighted by atomic mass is 9.98. The molecule has 1 unspecified atom stereocenters. The van der Waals surface area contributed by atoms with Crippen LogP contribution >= 0.6 is 0 Å². The number of fused-ring (bicyclic) bond motifs is 1. The lowest BCUT2D eigenvalue weighted by Gasteiger charge is -2.30. The van der Waals surface area contributed by atoms with Gasteiger partial charge in [-0.15, -0.1) is 0 Å². The fraction of sp³-hybridized carbons (Fsp3) is 0.310. The molecule has 5 rings (SSSR count). The average Bonchev–Trinajstić information content (AvgIpc) is 3.27. The second-order valence-corrected chi connectivity index (χ2v) is 9.35. The molecule has 0 amide bonds. The van der Waals surface area contributed by atoms with Crippen LogP contribution in [0.3, 0.4) is 0 Å². The summed E-state index contributed by atoms with van der Waals surface area (Å²) in [6.07, 6.45) is 8.34. The largest absolute Gasteiger partial charge is 0.497 e. The van der Waals surface area contributed by atoms with Crippen molar-refractivity contribution in [3.05, 3.63) is 72.7 Å². The van der Waals surface area contributed by atoms with Gasteiger partial charge in [-0.2, -0.15) is 0 Å². The molecule has 35 heavy (non-hydrogen) atoms. The molecule has 2 aromatic heterocycles. The van der Waals surface area contributed by atoms with Crippen LogP contribution in [-0.4, -0.2) is 54.8 Å². The van der Waals surface area contributed by atoms with Gasteiger partial charge in [-0.05, 0) is 68.2 Å². The minimum atomic E-state index is -0.328. The number of methoxy groups -OCH3 is 2. The summed E-state index contributed by atoms with van der Waals surface area (Å²) < 4.78 is 12.7. The number of piperidine rings is 1. The third kappa shape index (κ3) is 4.66. The van der Waals surface area contributed by atoms with Crippen LogP contribution in [0.1, 0.15) is 23.2 Å².